The van der Waals surface area contributed by atoms with Crippen LogP contribution in [0.3, 0.4) is 0 Å². The van der Waals surface area contributed by atoms with E-state index in [-0.39, 0.29) is 0 Å². The summed E-state index contributed by atoms with van der Waals surface area (Å²) in [5, 5.41) is 10.7. The first-order chi connectivity index (χ1) is 7.78. The second-order valence-corrected chi connectivity index (χ2v) is 5.47. The van der Waals surface area contributed by atoms with Gasteiger partial charge in [-0.25, -0.2) is 0 Å². The van der Waals surface area contributed by atoms with Gasteiger partial charge >= 0.3 is 0 Å². The molecule has 0 saturated heterocycles. The predicted octanol–water partition coefficient (Wildman–Crippen LogP) is 2.87. The third-order valence-corrected chi connectivity index (χ3v) is 4.25. The highest BCUT2D eigenvalue weighted by molar-refractivity contribution is 5.19. The van der Waals surface area contributed by atoms with E-state index in [1.165, 1.54) is 19.3 Å². The molecule has 2 atom stereocenters. The van der Waals surface area contributed by atoms with Crippen molar-refractivity contribution in [1.29, 1.82) is 0 Å². The quantitative estimate of drug-likeness (QED) is 0.826. The summed E-state index contributed by atoms with van der Waals surface area (Å²) >= 11 is 0. The zero-order chi connectivity index (χ0) is 11.0. The Kier molecular flexibility index (Phi) is 2.47. The van der Waals surface area contributed by atoms with Gasteiger partial charge in [-0.15, -0.1) is 0 Å². The fourth-order valence-corrected chi connectivity index (χ4v) is 3.16. The summed E-state index contributed by atoms with van der Waals surface area (Å²) in [7, 11) is 0. The predicted molar refractivity (Wildman–Crippen MR) is 62.8 cm³/mol. The zero-order valence-corrected chi connectivity index (χ0v) is 9.60. The molecule has 2 heteroatoms. The molecule has 2 fully saturated rings. The third kappa shape index (κ3) is 1.86. The van der Waals surface area contributed by atoms with E-state index >= 15 is 0 Å². The lowest BCUT2D eigenvalue weighted by molar-refractivity contribution is -0.0253. The van der Waals surface area contributed by atoms with Gasteiger partial charge < -0.3 is 5.11 Å². The van der Waals surface area contributed by atoms with Gasteiger partial charge in [0.2, 0.25) is 0 Å². The maximum Gasteiger partial charge on any atom is 0.0914 e. The molecule has 2 unspecified atom stereocenters. The highest BCUT2D eigenvalue weighted by Crippen LogP contribution is 2.49. The second-order valence-electron chi connectivity index (χ2n) is 5.47. The Morgan fingerprint density at radius 3 is 2.81 bits per heavy atom. The lowest BCUT2D eigenvalue weighted by Crippen LogP contribution is -2.33. The van der Waals surface area contributed by atoms with E-state index in [4.69, 9.17) is 0 Å². The van der Waals surface area contributed by atoms with E-state index in [1.54, 1.807) is 6.20 Å². The average molecular weight is 217 g/mol. The fraction of sp³-hybridized carbons (Fsp3) is 0.643. The largest absolute Gasteiger partial charge is 0.385 e. The van der Waals surface area contributed by atoms with Gasteiger partial charge in [-0.2, -0.15) is 0 Å². The molecule has 1 aromatic rings. The Hall–Kier alpha value is -0.890. The summed E-state index contributed by atoms with van der Waals surface area (Å²) in [6.45, 7) is 0. The molecule has 2 nitrogen and oxygen atoms in total. The monoisotopic (exact) mass is 217 g/mol. The number of hydrogen-bond acceptors (Lipinski definition) is 2. The molecule has 3 rings (SSSR count). The Balaban J connectivity index is 1.81. The van der Waals surface area contributed by atoms with Crippen molar-refractivity contribution in [2.45, 2.75) is 44.1 Å². The lowest BCUT2D eigenvalue weighted by Gasteiger charge is -2.37. The number of nitrogens with zero attached hydrogens (tertiary/aromatic N) is 1. The van der Waals surface area contributed by atoms with Crippen LogP contribution in [0.5, 0.6) is 0 Å². The molecular weight excluding hydrogens is 198 g/mol. The van der Waals surface area contributed by atoms with Gasteiger partial charge in [-0.3, -0.25) is 4.98 Å². The Morgan fingerprint density at radius 1 is 1.25 bits per heavy atom. The smallest absolute Gasteiger partial charge is 0.0914 e. The van der Waals surface area contributed by atoms with E-state index in [2.05, 4.69) is 4.98 Å². The molecule has 0 bridgehead atoms. The van der Waals surface area contributed by atoms with E-state index in [0.717, 1.165) is 36.7 Å². The van der Waals surface area contributed by atoms with Gasteiger partial charge in [0.05, 0.1) is 5.60 Å². The minimum atomic E-state index is -0.597. The highest BCUT2D eigenvalue weighted by Gasteiger charge is 2.41. The van der Waals surface area contributed by atoms with Crippen LogP contribution >= 0.6 is 0 Å². The molecule has 0 spiro atoms. The van der Waals surface area contributed by atoms with Gasteiger partial charge in [-0.05, 0) is 56.4 Å². The molecule has 1 aromatic heterocycles. The molecule has 0 aromatic carbocycles. The standard InChI is InChI=1S/C14H19NO/c16-14(13-4-2-8-15-10-13)7-1-3-12(9-14)11-5-6-11/h2,4,8,10-12,16H,1,3,5-7,9H2. The van der Waals surface area contributed by atoms with Crippen LogP contribution in [0, 0.1) is 11.8 Å². The Labute approximate surface area is 96.7 Å². The maximum absolute atomic E-state index is 10.7. The molecule has 16 heavy (non-hydrogen) atoms. The molecule has 0 amide bonds. The molecule has 2 aliphatic carbocycles. The van der Waals surface area contributed by atoms with E-state index in [9.17, 15) is 5.11 Å². The van der Waals surface area contributed by atoms with Crippen molar-refractivity contribution in [3.05, 3.63) is 30.1 Å². The number of hydrogen-bond donors (Lipinski definition) is 1. The van der Waals surface area contributed by atoms with Crippen molar-refractivity contribution in [1.82, 2.24) is 4.98 Å². The highest BCUT2D eigenvalue weighted by atomic mass is 16.3. The lowest BCUT2D eigenvalue weighted by atomic mass is 9.73. The molecule has 86 valence electrons. The summed E-state index contributed by atoms with van der Waals surface area (Å²) in [6, 6.07) is 3.94. The molecule has 0 radical (unpaired) electrons. The maximum atomic E-state index is 10.7. The van der Waals surface area contributed by atoms with Crippen LogP contribution in [0.25, 0.3) is 0 Å². The summed E-state index contributed by atoms with van der Waals surface area (Å²) < 4.78 is 0. The minimum absolute atomic E-state index is 0.597. The molecule has 0 aliphatic heterocycles. The van der Waals surface area contributed by atoms with Gasteiger partial charge in [0.1, 0.15) is 0 Å². The first kappa shape index (κ1) is 10.3. The topological polar surface area (TPSA) is 33.1 Å². The summed E-state index contributed by atoms with van der Waals surface area (Å²) in [4.78, 5) is 4.13. The normalized spacial score (nSPS) is 34.9. The van der Waals surface area contributed by atoms with Gasteiger partial charge in [0, 0.05) is 18.0 Å². The number of pyridine rings is 1. The van der Waals surface area contributed by atoms with Crippen molar-refractivity contribution in [3.63, 3.8) is 0 Å². The SMILES string of the molecule is OC1(c2cccnc2)CCCC(C2CC2)C1. The average Bonchev–Trinajstić information content (AvgIpc) is 3.14. The van der Waals surface area contributed by atoms with E-state index < -0.39 is 5.60 Å². The van der Waals surface area contributed by atoms with Crippen LogP contribution in [0.15, 0.2) is 24.5 Å². The summed E-state index contributed by atoms with van der Waals surface area (Å²) in [6.07, 6.45) is 10.7. The van der Waals surface area contributed by atoms with E-state index in [1.807, 2.05) is 18.3 Å². The zero-order valence-electron chi connectivity index (χ0n) is 9.60. The fourth-order valence-electron chi connectivity index (χ4n) is 3.16. The first-order valence-electron chi connectivity index (χ1n) is 6.41. The molecule has 2 saturated carbocycles. The molecule has 1 N–H and O–H groups in total. The van der Waals surface area contributed by atoms with Gasteiger partial charge in [-0.1, -0.05) is 6.07 Å². The Morgan fingerprint density at radius 2 is 2.12 bits per heavy atom. The second kappa shape index (κ2) is 3.85. The third-order valence-electron chi connectivity index (χ3n) is 4.25. The number of aliphatic hydroxyl groups is 1. The van der Waals surface area contributed by atoms with Crippen molar-refractivity contribution < 1.29 is 5.11 Å². The van der Waals surface area contributed by atoms with Gasteiger partial charge in [0.15, 0.2) is 0 Å². The van der Waals surface area contributed by atoms with Crippen molar-refractivity contribution in [3.8, 4) is 0 Å². The molecule has 2 aliphatic rings. The summed E-state index contributed by atoms with van der Waals surface area (Å²) in [5.74, 6) is 1.66. The van der Waals surface area contributed by atoms with Crippen LogP contribution in [0.2, 0.25) is 0 Å². The van der Waals surface area contributed by atoms with Crippen molar-refractivity contribution in [2.75, 3.05) is 0 Å². The van der Waals surface area contributed by atoms with Crippen LogP contribution < -0.4 is 0 Å². The molecular formula is C14H19NO. The van der Waals surface area contributed by atoms with Gasteiger partial charge in [0.25, 0.3) is 0 Å². The Bertz CT molecular complexity index is 360. The van der Waals surface area contributed by atoms with Crippen LogP contribution in [0.4, 0.5) is 0 Å². The number of rotatable bonds is 2. The molecule has 1 heterocycles. The minimum Gasteiger partial charge on any atom is -0.385 e. The van der Waals surface area contributed by atoms with Crippen LogP contribution in [-0.2, 0) is 5.60 Å². The number of aromatic nitrogens is 1. The van der Waals surface area contributed by atoms with Crippen LogP contribution in [-0.4, -0.2) is 10.1 Å². The van der Waals surface area contributed by atoms with Crippen molar-refractivity contribution in [2.24, 2.45) is 11.8 Å². The summed E-state index contributed by atoms with van der Waals surface area (Å²) in [5.41, 5.74) is 0.417. The van der Waals surface area contributed by atoms with Crippen LogP contribution in [0.1, 0.15) is 44.1 Å². The van der Waals surface area contributed by atoms with E-state index in [0.29, 0.717) is 0 Å². The van der Waals surface area contributed by atoms with Crippen molar-refractivity contribution >= 4 is 0 Å². The first-order valence-corrected chi connectivity index (χ1v) is 6.41.